The van der Waals surface area contributed by atoms with Gasteiger partial charge in [0, 0.05) is 25.2 Å². The van der Waals surface area contributed by atoms with Crippen molar-refractivity contribution in [3.63, 3.8) is 0 Å². The molecular formula is C13H17F2N3O3S. The molecule has 22 heavy (non-hydrogen) atoms. The van der Waals surface area contributed by atoms with Gasteiger partial charge in [0.1, 0.15) is 11.6 Å². The normalized spacial score (nSPS) is 19.7. The highest BCUT2D eigenvalue weighted by atomic mass is 32.2. The molecule has 0 radical (unpaired) electrons. The van der Waals surface area contributed by atoms with Gasteiger partial charge in [0.05, 0.1) is 11.9 Å². The number of carbonyl (C=O) groups excluding carboxylic acids is 1. The third-order valence-corrected chi connectivity index (χ3v) is 4.64. The first-order valence-corrected chi connectivity index (χ1v) is 8.58. The van der Waals surface area contributed by atoms with E-state index in [-0.39, 0.29) is 18.3 Å². The van der Waals surface area contributed by atoms with Crippen molar-refractivity contribution in [1.82, 2.24) is 9.62 Å². The minimum atomic E-state index is -3.30. The molecule has 2 amide bonds. The first-order chi connectivity index (χ1) is 10.3. The monoisotopic (exact) mass is 333 g/mol. The SMILES string of the molecule is CS(=O)(=O)N1CCC[C@@H](NC(=O)Nc2ccc(F)cc2F)C1. The third-order valence-electron chi connectivity index (χ3n) is 3.37. The smallest absolute Gasteiger partial charge is 0.319 e. The molecule has 0 aromatic heterocycles. The summed E-state index contributed by atoms with van der Waals surface area (Å²) in [5.74, 6) is -1.61. The Bertz CT molecular complexity index is 666. The van der Waals surface area contributed by atoms with Gasteiger partial charge in [-0.25, -0.2) is 26.3 Å². The van der Waals surface area contributed by atoms with Gasteiger partial charge in [-0.2, -0.15) is 0 Å². The zero-order valence-corrected chi connectivity index (χ0v) is 12.8. The summed E-state index contributed by atoms with van der Waals surface area (Å²) in [4.78, 5) is 11.8. The number of nitrogens with one attached hydrogen (secondary N) is 2. The number of anilines is 1. The van der Waals surface area contributed by atoms with E-state index in [9.17, 15) is 22.0 Å². The minimum absolute atomic E-state index is 0.144. The van der Waals surface area contributed by atoms with E-state index in [1.165, 1.54) is 4.31 Å². The zero-order valence-electron chi connectivity index (χ0n) is 12.0. The number of hydrogen-bond donors (Lipinski definition) is 2. The molecule has 2 rings (SSSR count). The van der Waals surface area contributed by atoms with Crippen LogP contribution in [0.5, 0.6) is 0 Å². The topological polar surface area (TPSA) is 78.5 Å². The van der Waals surface area contributed by atoms with E-state index in [2.05, 4.69) is 10.6 Å². The van der Waals surface area contributed by atoms with Gasteiger partial charge in [-0.15, -0.1) is 0 Å². The number of nitrogens with zero attached hydrogens (tertiary/aromatic N) is 1. The van der Waals surface area contributed by atoms with E-state index >= 15 is 0 Å². The molecule has 1 aliphatic heterocycles. The number of halogens is 2. The Hall–Kier alpha value is -1.74. The van der Waals surface area contributed by atoms with Crippen molar-refractivity contribution in [2.24, 2.45) is 0 Å². The van der Waals surface area contributed by atoms with Crippen molar-refractivity contribution in [3.05, 3.63) is 29.8 Å². The van der Waals surface area contributed by atoms with Crippen LogP contribution >= 0.6 is 0 Å². The highest BCUT2D eigenvalue weighted by molar-refractivity contribution is 7.88. The van der Waals surface area contributed by atoms with Crippen LogP contribution in [0.3, 0.4) is 0 Å². The second kappa shape index (κ2) is 6.57. The summed E-state index contributed by atoms with van der Waals surface area (Å²) in [5.41, 5.74) is -0.144. The fraction of sp³-hybridized carbons (Fsp3) is 0.462. The molecule has 1 atom stereocenters. The number of hydrogen-bond acceptors (Lipinski definition) is 3. The number of carbonyl (C=O) groups is 1. The quantitative estimate of drug-likeness (QED) is 0.880. The predicted molar refractivity (Wildman–Crippen MR) is 78.0 cm³/mol. The Morgan fingerprint density at radius 1 is 1.36 bits per heavy atom. The maximum atomic E-state index is 13.4. The molecule has 0 spiro atoms. The Morgan fingerprint density at radius 3 is 2.73 bits per heavy atom. The van der Waals surface area contributed by atoms with Crippen LogP contribution in [0.25, 0.3) is 0 Å². The fourth-order valence-electron chi connectivity index (χ4n) is 2.30. The largest absolute Gasteiger partial charge is 0.334 e. The molecule has 1 aromatic carbocycles. The van der Waals surface area contributed by atoms with Gasteiger partial charge in [-0.05, 0) is 25.0 Å². The van der Waals surface area contributed by atoms with Crippen LogP contribution < -0.4 is 10.6 Å². The van der Waals surface area contributed by atoms with Crippen molar-refractivity contribution in [1.29, 1.82) is 0 Å². The summed E-state index contributed by atoms with van der Waals surface area (Å²) < 4.78 is 50.5. The number of urea groups is 1. The highest BCUT2D eigenvalue weighted by Gasteiger charge is 2.26. The molecule has 1 fully saturated rings. The molecule has 6 nitrogen and oxygen atoms in total. The molecule has 1 aliphatic rings. The van der Waals surface area contributed by atoms with Crippen LogP contribution in [0, 0.1) is 11.6 Å². The maximum Gasteiger partial charge on any atom is 0.319 e. The Kier molecular flexibility index (Phi) is 4.97. The lowest BCUT2D eigenvalue weighted by molar-refractivity contribution is 0.236. The number of benzene rings is 1. The van der Waals surface area contributed by atoms with Gasteiger partial charge < -0.3 is 10.6 Å². The van der Waals surface area contributed by atoms with Crippen LogP contribution in [-0.4, -0.2) is 44.1 Å². The van der Waals surface area contributed by atoms with Crippen molar-refractivity contribution in [2.45, 2.75) is 18.9 Å². The van der Waals surface area contributed by atoms with E-state index < -0.39 is 27.7 Å². The Balaban J connectivity index is 1.94. The van der Waals surface area contributed by atoms with Crippen LogP contribution in [0.1, 0.15) is 12.8 Å². The second-order valence-electron chi connectivity index (χ2n) is 5.18. The number of piperidine rings is 1. The molecule has 0 unspecified atom stereocenters. The molecule has 0 aliphatic carbocycles. The summed E-state index contributed by atoms with van der Waals surface area (Å²) >= 11 is 0. The molecule has 2 N–H and O–H groups in total. The summed E-state index contributed by atoms with van der Waals surface area (Å²) in [7, 11) is -3.30. The van der Waals surface area contributed by atoms with Gasteiger partial charge in [0.2, 0.25) is 10.0 Å². The van der Waals surface area contributed by atoms with Crippen molar-refractivity contribution < 1.29 is 22.0 Å². The van der Waals surface area contributed by atoms with E-state index in [0.29, 0.717) is 25.5 Å². The van der Waals surface area contributed by atoms with Gasteiger partial charge in [0.15, 0.2) is 0 Å². The van der Waals surface area contributed by atoms with Crippen LogP contribution in [0.2, 0.25) is 0 Å². The number of sulfonamides is 1. The maximum absolute atomic E-state index is 13.4. The van der Waals surface area contributed by atoms with Gasteiger partial charge in [0.25, 0.3) is 0 Å². The van der Waals surface area contributed by atoms with Crippen molar-refractivity contribution >= 4 is 21.7 Å². The van der Waals surface area contributed by atoms with Gasteiger partial charge in [-0.1, -0.05) is 0 Å². The first-order valence-electron chi connectivity index (χ1n) is 6.73. The Morgan fingerprint density at radius 2 is 2.09 bits per heavy atom. The predicted octanol–water partition coefficient (Wildman–Crippen LogP) is 1.51. The van der Waals surface area contributed by atoms with Crippen molar-refractivity contribution in [2.75, 3.05) is 24.7 Å². The van der Waals surface area contributed by atoms with Gasteiger partial charge >= 0.3 is 6.03 Å². The molecule has 0 bridgehead atoms. The highest BCUT2D eigenvalue weighted by Crippen LogP contribution is 2.16. The molecule has 122 valence electrons. The van der Waals surface area contributed by atoms with Crippen LogP contribution in [0.4, 0.5) is 19.3 Å². The lowest BCUT2D eigenvalue weighted by Crippen LogP contribution is -2.50. The molecule has 0 saturated carbocycles. The van der Waals surface area contributed by atoms with E-state index in [4.69, 9.17) is 0 Å². The van der Waals surface area contributed by atoms with E-state index in [1.807, 2.05) is 0 Å². The Labute approximate surface area is 127 Å². The summed E-state index contributed by atoms with van der Waals surface area (Å²) in [6.45, 7) is 0.601. The van der Waals surface area contributed by atoms with Gasteiger partial charge in [-0.3, -0.25) is 0 Å². The summed E-state index contributed by atoms with van der Waals surface area (Å²) in [6, 6.07) is 1.80. The minimum Gasteiger partial charge on any atom is -0.334 e. The van der Waals surface area contributed by atoms with Crippen LogP contribution in [0.15, 0.2) is 18.2 Å². The average molecular weight is 333 g/mol. The standard InChI is InChI=1S/C13H17F2N3O3S/c1-22(20,21)18-6-2-3-10(8-18)16-13(19)17-12-5-4-9(14)7-11(12)15/h4-5,7,10H,2-3,6,8H2,1H3,(H2,16,17,19)/t10-/m1/s1. The molecule has 1 aromatic rings. The lowest BCUT2D eigenvalue weighted by atomic mass is 10.1. The molecule has 1 heterocycles. The average Bonchev–Trinajstić information content (AvgIpc) is 2.41. The first kappa shape index (κ1) is 16.6. The molecule has 9 heteroatoms. The van der Waals surface area contributed by atoms with E-state index in [1.54, 1.807) is 0 Å². The van der Waals surface area contributed by atoms with E-state index in [0.717, 1.165) is 18.4 Å². The second-order valence-corrected chi connectivity index (χ2v) is 7.17. The molecular weight excluding hydrogens is 316 g/mol. The number of rotatable bonds is 3. The zero-order chi connectivity index (χ0) is 16.3. The number of amides is 2. The summed E-state index contributed by atoms with van der Waals surface area (Å²) in [5, 5.41) is 4.87. The summed E-state index contributed by atoms with van der Waals surface area (Å²) in [6.07, 6.45) is 2.37. The van der Waals surface area contributed by atoms with Crippen LogP contribution in [-0.2, 0) is 10.0 Å². The molecule has 1 saturated heterocycles. The third kappa shape index (κ3) is 4.38. The lowest BCUT2D eigenvalue weighted by Gasteiger charge is -2.31. The van der Waals surface area contributed by atoms with Crippen molar-refractivity contribution in [3.8, 4) is 0 Å². The fourth-order valence-corrected chi connectivity index (χ4v) is 3.21.